The number of rotatable bonds is 4. The van der Waals surface area contributed by atoms with Gasteiger partial charge in [-0.25, -0.2) is 4.39 Å². The van der Waals surface area contributed by atoms with Crippen LogP contribution in [0.5, 0.6) is 0 Å². The van der Waals surface area contributed by atoms with Gasteiger partial charge >= 0.3 is 0 Å². The molecule has 2 nitrogen and oxygen atoms in total. The summed E-state index contributed by atoms with van der Waals surface area (Å²) in [5, 5.41) is 0. The molecule has 0 saturated carbocycles. The monoisotopic (exact) mass is 275 g/mol. The van der Waals surface area contributed by atoms with Crippen molar-refractivity contribution < 1.29 is 9.13 Å². The Bertz CT molecular complexity index is 341. The van der Waals surface area contributed by atoms with E-state index >= 15 is 0 Å². The van der Waals surface area contributed by atoms with E-state index in [9.17, 15) is 4.39 Å². The van der Waals surface area contributed by atoms with Crippen molar-refractivity contribution in [3.63, 3.8) is 0 Å². The number of hydrogen-bond acceptors (Lipinski definition) is 2. The van der Waals surface area contributed by atoms with Crippen LogP contribution in [0.4, 0.5) is 4.39 Å². The molecule has 0 aliphatic carbocycles. The molecule has 0 amide bonds. The Balaban J connectivity index is 2.98. The number of ether oxygens (including phenoxy) is 1. The average molecular weight is 276 g/mol. The first-order valence-electron chi connectivity index (χ1n) is 4.80. The summed E-state index contributed by atoms with van der Waals surface area (Å²) >= 11 is 3.14. The predicted molar refractivity (Wildman–Crippen MR) is 62.1 cm³/mol. The molecule has 1 unspecified atom stereocenters. The lowest BCUT2D eigenvalue weighted by atomic mass is 9.94. The Morgan fingerprint density at radius 1 is 1.53 bits per heavy atom. The standard InChI is InChI=1S/C11H15BrFNO/c1-3-15-7-11(2,14)8-5-4-6-9(12)10(8)13/h4-6H,3,7,14H2,1-2H3. The molecular formula is C11H15BrFNO. The van der Waals surface area contributed by atoms with Crippen molar-refractivity contribution in [2.75, 3.05) is 13.2 Å². The molecule has 15 heavy (non-hydrogen) atoms. The zero-order valence-corrected chi connectivity index (χ0v) is 10.5. The van der Waals surface area contributed by atoms with Crippen LogP contribution in [0.1, 0.15) is 19.4 Å². The van der Waals surface area contributed by atoms with E-state index < -0.39 is 5.54 Å². The molecule has 0 heterocycles. The van der Waals surface area contributed by atoms with Gasteiger partial charge in [0.15, 0.2) is 0 Å². The van der Waals surface area contributed by atoms with Gasteiger partial charge in [0.2, 0.25) is 0 Å². The number of benzene rings is 1. The second-order valence-corrected chi connectivity index (χ2v) is 4.51. The van der Waals surface area contributed by atoms with Crippen LogP contribution in [0.3, 0.4) is 0 Å². The van der Waals surface area contributed by atoms with Crippen LogP contribution in [0.2, 0.25) is 0 Å². The van der Waals surface area contributed by atoms with Gasteiger partial charge in [-0.15, -0.1) is 0 Å². The smallest absolute Gasteiger partial charge is 0.142 e. The van der Waals surface area contributed by atoms with Crippen LogP contribution >= 0.6 is 15.9 Å². The zero-order chi connectivity index (χ0) is 11.5. The van der Waals surface area contributed by atoms with Gasteiger partial charge in [0.1, 0.15) is 5.82 Å². The molecule has 0 saturated heterocycles. The molecule has 1 aromatic rings. The largest absolute Gasteiger partial charge is 0.379 e. The van der Waals surface area contributed by atoms with Crippen LogP contribution in [0.25, 0.3) is 0 Å². The Morgan fingerprint density at radius 2 is 2.20 bits per heavy atom. The molecular weight excluding hydrogens is 261 g/mol. The minimum Gasteiger partial charge on any atom is -0.379 e. The molecule has 1 aromatic carbocycles. The normalized spacial score (nSPS) is 15.0. The SMILES string of the molecule is CCOCC(C)(N)c1cccc(Br)c1F. The molecule has 0 aliphatic heterocycles. The fourth-order valence-electron chi connectivity index (χ4n) is 1.34. The van der Waals surface area contributed by atoms with Crippen molar-refractivity contribution in [2.24, 2.45) is 5.73 Å². The lowest BCUT2D eigenvalue weighted by Gasteiger charge is -2.25. The van der Waals surface area contributed by atoms with Crippen molar-refractivity contribution in [3.05, 3.63) is 34.1 Å². The van der Waals surface area contributed by atoms with Crippen LogP contribution < -0.4 is 5.73 Å². The maximum absolute atomic E-state index is 13.7. The first-order valence-corrected chi connectivity index (χ1v) is 5.59. The van der Waals surface area contributed by atoms with E-state index in [2.05, 4.69) is 15.9 Å². The van der Waals surface area contributed by atoms with E-state index in [1.165, 1.54) is 0 Å². The van der Waals surface area contributed by atoms with Crippen molar-refractivity contribution >= 4 is 15.9 Å². The Kier molecular flexibility index (Phi) is 4.25. The van der Waals surface area contributed by atoms with Crippen molar-refractivity contribution in [2.45, 2.75) is 19.4 Å². The molecule has 0 aliphatic rings. The summed E-state index contributed by atoms with van der Waals surface area (Å²) in [6.07, 6.45) is 0. The molecule has 2 N–H and O–H groups in total. The molecule has 1 atom stereocenters. The summed E-state index contributed by atoms with van der Waals surface area (Å²) in [6.45, 7) is 4.51. The highest BCUT2D eigenvalue weighted by Crippen LogP contribution is 2.26. The molecule has 4 heteroatoms. The van der Waals surface area contributed by atoms with Crippen LogP contribution in [0.15, 0.2) is 22.7 Å². The van der Waals surface area contributed by atoms with Crippen LogP contribution in [-0.2, 0) is 10.3 Å². The highest BCUT2D eigenvalue weighted by molar-refractivity contribution is 9.10. The minimum absolute atomic E-state index is 0.302. The number of nitrogens with two attached hydrogens (primary N) is 1. The summed E-state index contributed by atoms with van der Waals surface area (Å²) in [4.78, 5) is 0. The maximum atomic E-state index is 13.7. The fraction of sp³-hybridized carbons (Fsp3) is 0.455. The summed E-state index contributed by atoms with van der Waals surface area (Å²) in [6, 6.07) is 5.09. The molecule has 0 spiro atoms. The first kappa shape index (κ1) is 12.6. The predicted octanol–water partition coefficient (Wildman–Crippen LogP) is 2.80. The van der Waals surface area contributed by atoms with E-state index in [-0.39, 0.29) is 5.82 Å². The second-order valence-electron chi connectivity index (χ2n) is 3.66. The van der Waals surface area contributed by atoms with Gasteiger partial charge in [-0.1, -0.05) is 12.1 Å². The average Bonchev–Trinajstić information content (AvgIpc) is 2.19. The van der Waals surface area contributed by atoms with Gasteiger partial charge in [0, 0.05) is 12.2 Å². The summed E-state index contributed by atoms with van der Waals surface area (Å²) in [5.41, 5.74) is 5.67. The minimum atomic E-state index is -0.802. The van der Waals surface area contributed by atoms with Crippen LogP contribution in [-0.4, -0.2) is 13.2 Å². The maximum Gasteiger partial charge on any atom is 0.142 e. The molecule has 1 rings (SSSR count). The third-order valence-corrected chi connectivity index (χ3v) is 2.79. The quantitative estimate of drug-likeness (QED) is 0.917. The molecule has 0 radical (unpaired) electrons. The third kappa shape index (κ3) is 3.00. The van der Waals surface area contributed by atoms with E-state index in [0.29, 0.717) is 23.2 Å². The van der Waals surface area contributed by atoms with Crippen LogP contribution in [0, 0.1) is 5.82 Å². The third-order valence-electron chi connectivity index (χ3n) is 2.17. The summed E-state index contributed by atoms with van der Waals surface area (Å²) in [5.74, 6) is -0.317. The molecule has 84 valence electrons. The van der Waals surface area contributed by atoms with E-state index in [0.717, 1.165) is 0 Å². The van der Waals surface area contributed by atoms with E-state index in [4.69, 9.17) is 10.5 Å². The van der Waals surface area contributed by atoms with Gasteiger partial charge in [-0.3, -0.25) is 0 Å². The van der Waals surface area contributed by atoms with Gasteiger partial charge in [0.05, 0.1) is 16.6 Å². The van der Waals surface area contributed by atoms with Crippen molar-refractivity contribution in [1.29, 1.82) is 0 Å². The Hall–Kier alpha value is -0.450. The van der Waals surface area contributed by atoms with Gasteiger partial charge in [-0.05, 0) is 35.8 Å². The first-order chi connectivity index (χ1) is 6.99. The molecule has 0 aromatic heterocycles. The van der Waals surface area contributed by atoms with Gasteiger partial charge < -0.3 is 10.5 Å². The topological polar surface area (TPSA) is 35.2 Å². The summed E-state index contributed by atoms with van der Waals surface area (Å²) < 4.78 is 19.4. The van der Waals surface area contributed by atoms with Gasteiger partial charge in [0.25, 0.3) is 0 Å². The lowest BCUT2D eigenvalue weighted by Crippen LogP contribution is -2.39. The van der Waals surface area contributed by atoms with E-state index in [1.807, 2.05) is 6.92 Å². The lowest BCUT2D eigenvalue weighted by molar-refractivity contribution is 0.0993. The molecule has 0 fully saturated rings. The van der Waals surface area contributed by atoms with E-state index in [1.54, 1.807) is 25.1 Å². The highest BCUT2D eigenvalue weighted by atomic mass is 79.9. The fourth-order valence-corrected chi connectivity index (χ4v) is 1.70. The Morgan fingerprint density at radius 3 is 2.80 bits per heavy atom. The second kappa shape index (κ2) is 5.05. The number of hydrogen-bond donors (Lipinski definition) is 1. The summed E-state index contributed by atoms with van der Waals surface area (Å²) in [7, 11) is 0. The van der Waals surface area contributed by atoms with Crippen molar-refractivity contribution in [1.82, 2.24) is 0 Å². The van der Waals surface area contributed by atoms with Crippen molar-refractivity contribution in [3.8, 4) is 0 Å². The Labute approximate surface area is 97.7 Å². The number of halogens is 2. The zero-order valence-electron chi connectivity index (χ0n) is 8.89. The van der Waals surface area contributed by atoms with Gasteiger partial charge in [-0.2, -0.15) is 0 Å². The highest BCUT2D eigenvalue weighted by Gasteiger charge is 2.25. The molecule has 0 bridgehead atoms.